The quantitative estimate of drug-likeness (QED) is 0.314. The number of aromatic nitrogens is 2. The molecule has 2 N–H and O–H groups in total. The van der Waals surface area contributed by atoms with Gasteiger partial charge in [-0.05, 0) is 33.6 Å². The largest absolute Gasteiger partial charge is 0.405 e. The van der Waals surface area contributed by atoms with Crippen molar-refractivity contribution in [3.8, 4) is 0 Å². The van der Waals surface area contributed by atoms with Crippen LogP contribution < -0.4 is 21.4 Å². The Morgan fingerprint density at radius 1 is 0.976 bits per heavy atom. The highest BCUT2D eigenvalue weighted by Gasteiger charge is 2.51. The maximum absolute atomic E-state index is 12.9. The van der Waals surface area contributed by atoms with Gasteiger partial charge in [-0.2, -0.15) is 4.98 Å². The number of hydrogen-bond acceptors (Lipinski definition) is 6. The number of carbonyl (C=O) groups is 1. The fourth-order valence-corrected chi connectivity index (χ4v) is 10.1. The third-order valence-electron chi connectivity index (χ3n) is 7.50. The van der Waals surface area contributed by atoms with E-state index < -0.39 is 32.4 Å². The van der Waals surface area contributed by atoms with Gasteiger partial charge in [0.2, 0.25) is 0 Å². The zero-order chi connectivity index (χ0) is 29.0. The van der Waals surface area contributed by atoms with E-state index in [0.29, 0.717) is 5.56 Å². The van der Waals surface area contributed by atoms with Crippen LogP contribution in [-0.4, -0.2) is 47.7 Å². The first-order valence-electron chi connectivity index (χ1n) is 13.7. The highest BCUT2D eigenvalue weighted by Crippen LogP contribution is 2.38. The lowest BCUT2D eigenvalue weighted by atomic mass is 10.2. The van der Waals surface area contributed by atoms with Gasteiger partial charge in [0, 0.05) is 18.2 Å². The second-order valence-corrected chi connectivity index (χ2v) is 15.5. The first-order valence-corrected chi connectivity index (χ1v) is 15.6. The van der Waals surface area contributed by atoms with Crippen molar-refractivity contribution in [1.29, 1.82) is 0 Å². The normalized spacial score (nSPS) is 19.2. The van der Waals surface area contributed by atoms with Crippen LogP contribution in [0.5, 0.6) is 0 Å². The Balaban J connectivity index is 1.34. The molecule has 8 nitrogen and oxygen atoms in total. The standard InChI is InChI=1S/C32H35N3O5Si/c1-32(2,3)41(24-15-9-5-10-16-24,25-17-11-6-12-18-25)39-22-27-26(36)21-29(40-27)35-20-19-28(34-31(35)38)33-30(37)23-13-7-4-8-14-23/h4-20,26-27,29,36H,21-22H2,1-3H3,(H,33,34,37,38)/t26?,27-,29-/m1/s1. The summed E-state index contributed by atoms with van der Waals surface area (Å²) in [6, 6.07) is 30.8. The molecule has 3 atom stereocenters. The molecule has 41 heavy (non-hydrogen) atoms. The van der Waals surface area contributed by atoms with E-state index in [1.165, 1.54) is 10.8 Å². The van der Waals surface area contributed by atoms with Crippen LogP contribution in [0.2, 0.25) is 5.04 Å². The van der Waals surface area contributed by atoms with E-state index in [4.69, 9.17) is 9.16 Å². The Kier molecular flexibility index (Phi) is 8.32. The summed E-state index contributed by atoms with van der Waals surface area (Å²) in [5, 5.41) is 15.7. The summed E-state index contributed by atoms with van der Waals surface area (Å²) < 4.78 is 14.5. The van der Waals surface area contributed by atoms with Crippen LogP contribution in [0.25, 0.3) is 0 Å². The van der Waals surface area contributed by atoms with Gasteiger partial charge in [0.25, 0.3) is 14.2 Å². The number of carbonyl (C=O) groups excluding carboxylic acids is 1. The summed E-state index contributed by atoms with van der Waals surface area (Å²) in [6.07, 6.45) is -0.435. The van der Waals surface area contributed by atoms with Crippen LogP contribution >= 0.6 is 0 Å². The maximum atomic E-state index is 12.9. The van der Waals surface area contributed by atoms with E-state index >= 15 is 0 Å². The molecule has 2 heterocycles. The lowest BCUT2D eigenvalue weighted by Crippen LogP contribution is -2.67. The van der Waals surface area contributed by atoms with Crippen molar-refractivity contribution in [2.45, 2.75) is 50.7 Å². The second-order valence-electron chi connectivity index (χ2n) is 11.2. The number of rotatable bonds is 8. The lowest BCUT2D eigenvalue weighted by molar-refractivity contribution is -0.0426. The van der Waals surface area contributed by atoms with Crippen molar-refractivity contribution in [2.24, 2.45) is 0 Å². The van der Waals surface area contributed by atoms with E-state index in [-0.39, 0.29) is 29.8 Å². The average Bonchev–Trinajstić information content (AvgIpc) is 3.34. The van der Waals surface area contributed by atoms with Gasteiger partial charge >= 0.3 is 5.69 Å². The number of hydrogen-bond donors (Lipinski definition) is 2. The Bertz CT molecular complexity index is 1480. The highest BCUT2D eigenvalue weighted by molar-refractivity contribution is 6.99. The predicted octanol–water partition coefficient (Wildman–Crippen LogP) is 3.72. The van der Waals surface area contributed by atoms with Crippen molar-refractivity contribution in [2.75, 3.05) is 11.9 Å². The summed E-state index contributed by atoms with van der Waals surface area (Å²) in [7, 11) is -2.82. The number of benzene rings is 3. The van der Waals surface area contributed by atoms with Gasteiger partial charge in [0.05, 0.1) is 12.7 Å². The molecule has 1 unspecified atom stereocenters. The molecule has 0 spiro atoms. The SMILES string of the molecule is CC(C)(C)[Si](OC[C@H]1O[C@@H](n2ccc(NC(=O)c3ccccc3)nc2=O)CC1O)(c1ccccc1)c1ccccc1. The van der Waals surface area contributed by atoms with E-state index in [2.05, 4.69) is 55.3 Å². The fraction of sp³-hybridized carbons (Fsp3) is 0.281. The number of nitrogens with one attached hydrogen (secondary N) is 1. The maximum Gasteiger partial charge on any atom is 0.351 e. The number of aliphatic hydroxyl groups is 1. The van der Waals surface area contributed by atoms with Crippen molar-refractivity contribution in [3.05, 3.63) is 119 Å². The third-order valence-corrected chi connectivity index (χ3v) is 12.5. The topological polar surface area (TPSA) is 103 Å². The van der Waals surface area contributed by atoms with E-state index in [9.17, 15) is 14.7 Å². The van der Waals surface area contributed by atoms with Crippen LogP contribution in [0, 0.1) is 0 Å². The molecular weight excluding hydrogens is 534 g/mol. The van der Waals surface area contributed by atoms with E-state index in [1.54, 1.807) is 30.3 Å². The minimum Gasteiger partial charge on any atom is -0.405 e. The number of amides is 1. The number of aliphatic hydroxyl groups excluding tert-OH is 1. The minimum absolute atomic E-state index is 0.144. The minimum atomic E-state index is -2.82. The molecular formula is C32H35N3O5Si. The molecule has 1 aromatic heterocycles. The lowest BCUT2D eigenvalue weighted by Gasteiger charge is -2.43. The molecule has 1 saturated heterocycles. The Hall–Kier alpha value is -3.89. The van der Waals surface area contributed by atoms with Crippen molar-refractivity contribution >= 4 is 30.4 Å². The molecule has 1 fully saturated rings. The van der Waals surface area contributed by atoms with Crippen molar-refractivity contribution < 1.29 is 19.1 Å². The molecule has 1 aliphatic heterocycles. The molecule has 0 radical (unpaired) electrons. The van der Waals surface area contributed by atoms with E-state index in [0.717, 1.165) is 10.4 Å². The summed E-state index contributed by atoms with van der Waals surface area (Å²) >= 11 is 0. The first kappa shape index (κ1) is 28.6. The monoisotopic (exact) mass is 569 g/mol. The predicted molar refractivity (Wildman–Crippen MR) is 161 cm³/mol. The Morgan fingerprint density at radius 2 is 1.54 bits per heavy atom. The smallest absolute Gasteiger partial charge is 0.351 e. The van der Waals surface area contributed by atoms with Gasteiger partial charge < -0.3 is 19.6 Å². The zero-order valence-corrected chi connectivity index (χ0v) is 24.4. The van der Waals surface area contributed by atoms with Gasteiger partial charge in [-0.1, -0.05) is 99.6 Å². The van der Waals surface area contributed by atoms with Gasteiger partial charge in [-0.25, -0.2) is 4.79 Å². The molecule has 1 aliphatic rings. The van der Waals surface area contributed by atoms with Gasteiger partial charge in [-0.15, -0.1) is 0 Å². The molecule has 5 rings (SSSR count). The fourth-order valence-electron chi connectivity index (χ4n) is 5.48. The molecule has 212 valence electrons. The average molecular weight is 570 g/mol. The number of ether oxygens (including phenoxy) is 1. The van der Waals surface area contributed by atoms with Crippen LogP contribution in [0.1, 0.15) is 43.8 Å². The molecule has 4 aromatic rings. The highest BCUT2D eigenvalue weighted by atomic mass is 28.4. The Labute approximate surface area is 240 Å². The van der Waals surface area contributed by atoms with Crippen LogP contribution in [0.3, 0.4) is 0 Å². The molecule has 0 aliphatic carbocycles. The summed E-state index contributed by atoms with van der Waals surface area (Å²) in [5.41, 5.74) is -0.119. The van der Waals surface area contributed by atoms with Crippen molar-refractivity contribution in [3.63, 3.8) is 0 Å². The molecule has 0 bridgehead atoms. The zero-order valence-electron chi connectivity index (χ0n) is 23.4. The Morgan fingerprint density at radius 3 is 2.07 bits per heavy atom. The summed E-state index contributed by atoms with van der Waals surface area (Å²) in [5.74, 6) is -0.214. The van der Waals surface area contributed by atoms with Gasteiger partial charge in [-0.3, -0.25) is 9.36 Å². The number of anilines is 1. The van der Waals surface area contributed by atoms with Crippen LogP contribution in [0.4, 0.5) is 5.82 Å². The van der Waals surface area contributed by atoms with Crippen LogP contribution in [0.15, 0.2) is 108 Å². The second kappa shape index (κ2) is 11.9. The van der Waals surface area contributed by atoms with Gasteiger partial charge in [0.15, 0.2) is 0 Å². The van der Waals surface area contributed by atoms with Crippen LogP contribution in [-0.2, 0) is 9.16 Å². The third kappa shape index (κ3) is 5.94. The molecule has 9 heteroatoms. The van der Waals surface area contributed by atoms with Gasteiger partial charge in [0.1, 0.15) is 18.1 Å². The first-order chi connectivity index (χ1) is 19.7. The molecule has 1 amide bonds. The van der Waals surface area contributed by atoms with Crippen molar-refractivity contribution in [1.82, 2.24) is 9.55 Å². The number of nitrogens with zero attached hydrogens (tertiary/aromatic N) is 2. The summed E-state index contributed by atoms with van der Waals surface area (Å²) in [4.78, 5) is 29.4. The molecule has 0 saturated carbocycles. The molecule has 3 aromatic carbocycles. The summed E-state index contributed by atoms with van der Waals surface area (Å²) in [6.45, 7) is 6.74. The van der Waals surface area contributed by atoms with E-state index in [1.807, 2.05) is 42.5 Å².